The number of carbonyl (C=O) groups is 1. The van der Waals surface area contributed by atoms with Crippen LogP contribution in [0.4, 0.5) is 5.69 Å². The summed E-state index contributed by atoms with van der Waals surface area (Å²) in [6.07, 6.45) is -0.315. The average molecular weight is 291 g/mol. The van der Waals surface area contributed by atoms with Gasteiger partial charge in [-0.3, -0.25) is 20.2 Å². The van der Waals surface area contributed by atoms with Crippen molar-refractivity contribution in [2.45, 2.75) is 45.9 Å². The van der Waals surface area contributed by atoms with Crippen molar-refractivity contribution >= 4 is 11.6 Å². The normalized spacial score (nSPS) is 23.7. The zero-order valence-electron chi connectivity index (χ0n) is 12.7. The molecule has 1 aromatic carbocycles. The van der Waals surface area contributed by atoms with Gasteiger partial charge in [-0.1, -0.05) is 26.0 Å². The molecule has 21 heavy (non-hydrogen) atoms. The number of nitro benzene ring substituents is 1. The summed E-state index contributed by atoms with van der Waals surface area (Å²) in [6.45, 7) is 7.95. The van der Waals surface area contributed by atoms with E-state index in [1.54, 1.807) is 11.0 Å². The molecule has 6 nitrogen and oxygen atoms in total. The third kappa shape index (κ3) is 2.90. The Morgan fingerprint density at radius 1 is 1.33 bits per heavy atom. The first kappa shape index (κ1) is 15.4. The fourth-order valence-electron chi connectivity index (χ4n) is 2.56. The molecule has 1 amide bonds. The zero-order valence-corrected chi connectivity index (χ0v) is 12.7. The number of nitrogens with one attached hydrogen (secondary N) is 1. The van der Waals surface area contributed by atoms with Crippen LogP contribution in [0.1, 0.15) is 39.4 Å². The predicted molar refractivity (Wildman–Crippen MR) is 79.6 cm³/mol. The summed E-state index contributed by atoms with van der Waals surface area (Å²) in [5, 5.41) is 14.2. The van der Waals surface area contributed by atoms with Crippen molar-refractivity contribution in [3.63, 3.8) is 0 Å². The number of benzene rings is 1. The second kappa shape index (κ2) is 5.81. The van der Waals surface area contributed by atoms with E-state index in [1.807, 2.05) is 19.9 Å². The minimum atomic E-state index is -0.417. The number of hydrogen-bond donors (Lipinski definition) is 1. The second-order valence-corrected chi connectivity index (χ2v) is 5.87. The molecule has 1 heterocycles. The SMILES string of the molecule is CC1NC(c2cccc([N+](=O)[O-])c2)N(C(C)C(C)C)C1=O. The Balaban J connectivity index is 2.38. The van der Waals surface area contributed by atoms with Gasteiger partial charge >= 0.3 is 0 Å². The van der Waals surface area contributed by atoms with Gasteiger partial charge in [-0.2, -0.15) is 0 Å². The van der Waals surface area contributed by atoms with E-state index in [-0.39, 0.29) is 29.8 Å². The molecule has 1 aliphatic heterocycles. The first-order valence-electron chi connectivity index (χ1n) is 7.15. The quantitative estimate of drug-likeness (QED) is 0.683. The molecule has 3 atom stereocenters. The lowest BCUT2D eigenvalue weighted by atomic mass is 10.0. The minimum absolute atomic E-state index is 0.0349. The molecule has 0 bridgehead atoms. The van der Waals surface area contributed by atoms with E-state index in [2.05, 4.69) is 19.2 Å². The predicted octanol–water partition coefficient (Wildman–Crippen LogP) is 2.46. The lowest BCUT2D eigenvalue weighted by molar-refractivity contribution is -0.385. The van der Waals surface area contributed by atoms with E-state index in [0.717, 1.165) is 5.56 Å². The van der Waals surface area contributed by atoms with Crippen LogP contribution in [-0.2, 0) is 4.79 Å². The summed E-state index contributed by atoms with van der Waals surface area (Å²) in [4.78, 5) is 24.7. The van der Waals surface area contributed by atoms with E-state index in [9.17, 15) is 14.9 Å². The average Bonchev–Trinajstić information content (AvgIpc) is 2.74. The lowest BCUT2D eigenvalue weighted by Gasteiger charge is -2.33. The van der Waals surface area contributed by atoms with Crippen LogP contribution >= 0.6 is 0 Å². The smallest absolute Gasteiger partial charge is 0.269 e. The Bertz CT molecular complexity index is 559. The molecule has 2 rings (SSSR count). The van der Waals surface area contributed by atoms with E-state index in [4.69, 9.17) is 0 Å². The number of nitrogens with zero attached hydrogens (tertiary/aromatic N) is 2. The van der Waals surface area contributed by atoms with Gasteiger partial charge in [-0.15, -0.1) is 0 Å². The molecule has 0 radical (unpaired) electrons. The molecule has 1 aliphatic rings. The summed E-state index contributed by atoms with van der Waals surface area (Å²) >= 11 is 0. The first-order valence-corrected chi connectivity index (χ1v) is 7.15. The van der Waals surface area contributed by atoms with E-state index in [1.165, 1.54) is 12.1 Å². The molecule has 0 aromatic heterocycles. The van der Waals surface area contributed by atoms with Crippen LogP contribution in [-0.4, -0.2) is 27.8 Å². The van der Waals surface area contributed by atoms with Gasteiger partial charge in [-0.25, -0.2) is 0 Å². The Kier molecular flexibility index (Phi) is 4.27. The van der Waals surface area contributed by atoms with Gasteiger partial charge in [0.1, 0.15) is 6.17 Å². The van der Waals surface area contributed by atoms with Crippen molar-refractivity contribution in [2.24, 2.45) is 5.92 Å². The van der Waals surface area contributed by atoms with Crippen LogP contribution in [0.25, 0.3) is 0 Å². The third-order valence-electron chi connectivity index (χ3n) is 4.11. The molecule has 1 aromatic rings. The van der Waals surface area contributed by atoms with Crippen molar-refractivity contribution in [1.29, 1.82) is 0 Å². The molecule has 1 N–H and O–H groups in total. The van der Waals surface area contributed by atoms with Gasteiger partial charge in [0.2, 0.25) is 5.91 Å². The highest BCUT2D eigenvalue weighted by molar-refractivity contribution is 5.84. The molecule has 1 fully saturated rings. The second-order valence-electron chi connectivity index (χ2n) is 5.87. The first-order chi connectivity index (χ1) is 9.82. The van der Waals surface area contributed by atoms with E-state index in [0.29, 0.717) is 5.92 Å². The van der Waals surface area contributed by atoms with E-state index >= 15 is 0 Å². The number of carbonyl (C=O) groups excluding carboxylic acids is 1. The Morgan fingerprint density at radius 2 is 2.00 bits per heavy atom. The highest BCUT2D eigenvalue weighted by Crippen LogP contribution is 2.31. The molecule has 114 valence electrons. The van der Waals surface area contributed by atoms with Crippen LogP contribution in [0.15, 0.2) is 24.3 Å². The molecule has 0 aliphatic carbocycles. The summed E-state index contributed by atoms with van der Waals surface area (Å²) in [5.74, 6) is 0.343. The van der Waals surface area contributed by atoms with Gasteiger partial charge in [0.15, 0.2) is 0 Å². The molecule has 0 spiro atoms. The van der Waals surface area contributed by atoms with Crippen molar-refractivity contribution in [1.82, 2.24) is 10.2 Å². The maximum atomic E-state index is 12.4. The maximum Gasteiger partial charge on any atom is 0.269 e. The van der Waals surface area contributed by atoms with Gasteiger partial charge in [-0.05, 0) is 25.3 Å². The maximum absolute atomic E-state index is 12.4. The molecular formula is C15H21N3O3. The standard InChI is InChI=1S/C15H21N3O3/c1-9(2)11(4)17-14(16-10(3)15(17)19)12-6-5-7-13(8-12)18(20)21/h5-11,14,16H,1-4H3. The van der Waals surface area contributed by atoms with Crippen LogP contribution < -0.4 is 5.32 Å². The van der Waals surface area contributed by atoms with Gasteiger partial charge < -0.3 is 4.90 Å². The van der Waals surface area contributed by atoms with Gasteiger partial charge in [0.25, 0.3) is 5.69 Å². The van der Waals surface area contributed by atoms with Crippen molar-refractivity contribution in [2.75, 3.05) is 0 Å². The largest absolute Gasteiger partial charge is 0.319 e. The summed E-state index contributed by atoms with van der Waals surface area (Å²) < 4.78 is 0. The van der Waals surface area contributed by atoms with Crippen LogP contribution in [0.2, 0.25) is 0 Å². The number of non-ortho nitro benzene ring substituents is 1. The fraction of sp³-hybridized carbons (Fsp3) is 0.533. The lowest BCUT2D eigenvalue weighted by Crippen LogP contribution is -2.41. The van der Waals surface area contributed by atoms with Crippen molar-refractivity contribution < 1.29 is 9.72 Å². The van der Waals surface area contributed by atoms with Crippen molar-refractivity contribution in [3.05, 3.63) is 39.9 Å². The van der Waals surface area contributed by atoms with Gasteiger partial charge in [0, 0.05) is 18.2 Å². The minimum Gasteiger partial charge on any atom is -0.319 e. The number of amides is 1. The molecule has 0 saturated carbocycles. The van der Waals surface area contributed by atoms with Crippen LogP contribution in [0.3, 0.4) is 0 Å². The summed E-state index contributed by atoms with van der Waals surface area (Å²) in [5.41, 5.74) is 0.785. The van der Waals surface area contributed by atoms with E-state index < -0.39 is 4.92 Å². The third-order valence-corrected chi connectivity index (χ3v) is 4.11. The Hall–Kier alpha value is -1.95. The molecule has 6 heteroatoms. The topological polar surface area (TPSA) is 75.5 Å². The summed E-state index contributed by atoms with van der Waals surface area (Å²) in [7, 11) is 0. The fourth-order valence-corrected chi connectivity index (χ4v) is 2.56. The Labute approximate surface area is 124 Å². The zero-order chi connectivity index (χ0) is 15.7. The van der Waals surface area contributed by atoms with Crippen molar-refractivity contribution in [3.8, 4) is 0 Å². The molecule has 1 saturated heterocycles. The van der Waals surface area contributed by atoms with Crippen LogP contribution in [0.5, 0.6) is 0 Å². The van der Waals surface area contributed by atoms with Crippen LogP contribution in [0, 0.1) is 16.0 Å². The van der Waals surface area contributed by atoms with Gasteiger partial charge in [0.05, 0.1) is 11.0 Å². The number of rotatable bonds is 4. The monoisotopic (exact) mass is 291 g/mol. The molecule has 3 unspecified atom stereocenters. The highest BCUT2D eigenvalue weighted by Gasteiger charge is 2.40. The summed E-state index contributed by atoms with van der Waals surface area (Å²) in [6, 6.07) is 6.23. The number of nitro groups is 1. The molecular weight excluding hydrogens is 270 g/mol. The Morgan fingerprint density at radius 3 is 2.57 bits per heavy atom. The number of hydrogen-bond acceptors (Lipinski definition) is 4. The highest BCUT2D eigenvalue weighted by atomic mass is 16.6.